The van der Waals surface area contributed by atoms with Gasteiger partial charge in [0.25, 0.3) is 10.0 Å². The number of hydrogen-bond donors (Lipinski definition) is 3. The van der Waals surface area contributed by atoms with Crippen molar-refractivity contribution in [1.82, 2.24) is 4.72 Å². The highest BCUT2D eigenvalue weighted by Crippen LogP contribution is 2.55. The maximum atomic E-state index is 13.1. The van der Waals surface area contributed by atoms with E-state index in [9.17, 15) is 23.1 Å². The quantitative estimate of drug-likeness (QED) is 0.401. The summed E-state index contributed by atoms with van der Waals surface area (Å²) in [6, 6.07) is 16.4. The number of rotatable bonds is 9. The van der Waals surface area contributed by atoms with Gasteiger partial charge in [0.05, 0.1) is 0 Å². The zero-order chi connectivity index (χ0) is 23.8. The predicted molar refractivity (Wildman–Crippen MR) is 122 cm³/mol. The first kappa shape index (κ1) is 23.2. The van der Waals surface area contributed by atoms with E-state index in [1.54, 1.807) is 48.5 Å². The molecule has 0 saturated heterocycles. The number of nitrogens with one attached hydrogen (secondary N) is 1. The van der Waals surface area contributed by atoms with Gasteiger partial charge in [-0.05, 0) is 47.9 Å². The van der Waals surface area contributed by atoms with Gasteiger partial charge in [0, 0.05) is 15.8 Å². The van der Waals surface area contributed by atoms with Gasteiger partial charge in [0.2, 0.25) is 0 Å². The second-order valence-corrected chi connectivity index (χ2v) is 10.9. The number of hydrogen-bond acceptors (Lipinski definition) is 6. The molecular weight excluding hydrogens is 490 g/mol. The van der Waals surface area contributed by atoms with Crippen molar-refractivity contribution in [3.05, 3.63) is 71.2 Å². The van der Waals surface area contributed by atoms with Crippen molar-refractivity contribution in [1.29, 1.82) is 0 Å². The monoisotopic (exact) mass is 507 g/mol. The molecule has 3 N–H and O–H groups in total. The molecule has 2 unspecified atom stereocenters. The molecule has 0 aliphatic heterocycles. The van der Waals surface area contributed by atoms with Crippen LogP contribution in [0.4, 0.5) is 0 Å². The number of carboxylic acid groups (broad SMARTS) is 2. The minimum atomic E-state index is -4.15. The molecule has 2 atom stereocenters. The molecule has 0 amide bonds. The van der Waals surface area contributed by atoms with Crippen LogP contribution in [0.5, 0.6) is 5.75 Å². The Kier molecular flexibility index (Phi) is 6.19. The van der Waals surface area contributed by atoms with Crippen molar-refractivity contribution < 1.29 is 33.0 Å². The van der Waals surface area contributed by atoms with Crippen molar-refractivity contribution in [2.45, 2.75) is 22.1 Å². The molecule has 1 aromatic heterocycles. The summed E-state index contributed by atoms with van der Waals surface area (Å²) in [7, 11) is -4.15. The van der Waals surface area contributed by atoms with Crippen molar-refractivity contribution >= 4 is 44.9 Å². The molecule has 8 nitrogen and oxygen atoms in total. The van der Waals surface area contributed by atoms with E-state index in [0.29, 0.717) is 15.5 Å². The van der Waals surface area contributed by atoms with Crippen LogP contribution in [0.15, 0.2) is 64.9 Å². The van der Waals surface area contributed by atoms with Crippen LogP contribution in [0.2, 0.25) is 5.02 Å². The van der Waals surface area contributed by atoms with Crippen molar-refractivity contribution in [3.8, 4) is 16.2 Å². The highest BCUT2D eigenvalue weighted by atomic mass is 35.5. The summed E-state index contributed by atoms with van der Waals surface area (Å²) in [4.78, 5) is 23.7. The second-order valence-electron chi connectivity index (χ2n) is 7.48. The Bertz CT molecular complexity index is 1320. The minimum Gasteiger partial charge on any atom is -0.482 e. The smallest absolute Gasteiger partial charge is 0.341 e. The van der Waals surface area contributed by atoms with E-state index in [-0.39, 0.29) is 16.4 Å². The van der Waals surface area contributed by atoms with Crippen molar-refractivity contribution in [3.63, 3.8) is 0 Å². The molecule has 0 spiro atoms. The molecule has 0 radical (unpaired) electrons. The van der Waals surface area contributed by atoms with Crippen LogP contribution >= 0.6 is 22.9 Å². The van der Waals surface area contributed by atoms with Crippen molar-refractivity contribution in [2.75, 3.05) is 6.61 Å². The molecule has 1 fully saturated rings. The molecule has 3 aromatic rings. The number of para-hydroxylation sites is 1. The number of benzene rings is 2. The maximum Gasteiger partial charge on any atom is 0.341 e. The van der Waals surface area contributed by atoms with E-state index < -0.39 is 40.0 Å². The standard InChI is InChI=1S/C22H18ClNO7S2/c23-14-7-5-13(6-8-14)18-9-10-20(32-18)33(29,30)24-22(21(27)28)11-16(22)15-3-1-2-4-17(15)31-12-19(25)26/h1-10,16,24H,11-12H2,(H,25,26)(H,27,28). The first-order valence-corrected chi connectivity index (χ1v) is 12.4. The summed E-state index contributed by atoms with van der Waals surface area (Å²) in [5.41, 5.74) is -0.546. The summed E-state index contributed by atoms with van der Waals surface area (Å²) in [6.07, 6.45) is 0.00439. The molecule has 33 heavy (non-hydrogen) atoms. The Morgan fingerprint density at radius 3 is 2.45 bits per heavy atom. The van der Waals surface area contributed by atoms with Gasteiger partial charge < -0.3 is 14.9 Å². The number of carboxylic acids is 2. The summed E-state index contributed by atoms with van der Waals surface area (Å²) < 4.78 is 33.8. The van der Waals surface area contributed by atoms with E-state index in [0.717, 1.165) is 16.9 Å². The normalized spacial score (nSPS) is 19.7. The molecular formula is C22H18ClNO7S2. The first-order valence-electron chi connectivity index (χ1n) is 9.69. The van der Waals surface area contributed by atoms with E-state index >= 15 is 0 Å². The zero-order valence-corrected chi connectivity index (χ0v) is 19.3. The van der Waals surface area contributed by atoms with Gasteiger partial charge in [0.1, 0.15) is 15.5 Å². The van der Waals surface area contributed by atoms with E-state index in [1.807, 2.05) is 0 Å². The van der Waals surface area contributed by atoms with Crippen LogP contribution in [0.3, 0.4) is 0 Å². The van der Waals surface area contributed by atoms with Gasteiger partial charge in [-0.15, -0.1) is 11.3 Å². The van der Waals surface area contributed by atoms with E-state index in [2.05, 4.69) is 4.72 Å². The van der Waals surface area contributed by atoms with Crippen LogP contribution in [0.1, 0.15) is 17.9 Å². The maximum absolute atomic E-state index is 13.1. The fraction of sp³-hybridized carbons (Fsp3) is 0.182. The SMILES string of the molecule is O=C(O)COc1ccccc1C1CC1(NS(=O)(=O)c1ccc(-c2ccc(Cl)cc2)s1)C(=O)O. The average molecular weight is 508 g/mol. The number of thiophene rings is 1. The fourth-order valence-corrected chi connectivity index (χ4v) is 6.44. The summed E-state index contributed by atoms with van der Waals surface area (Å²) >= 11 is 6.91. The molecule has 1 aliphatic rings. The molecule has 1 aliphatic carbocycles. The lowest BCUT2D eigenvalue weighted by Gasteiger charge is -2.16. The molecule has 172 valence electrons. The van der Waals surface area contributed by atoms with Crippen LogP contribution in [-0.4, -0.2) is 42.7 Å². The first-order chi connectivity index (χ1) is 15.6. The van der Waals surface area contributed by atoms with Gasteiger partial charge >= 0.3 is 11.9 Å². The summed E-state index contributed by atoms with van der Waals surface area (Å²) in [6.45, 7) is -0.599. The highest BCUT2D eigenvalue weighted by Gasteiger charge is 2.64. The number of ether oxygens (including phenoxy) is 1. The lowest BCUT2D eigenvalue weighted by atomic mass is 10.1. The number of halogens is 1. The Balaban J connectivity index is 1.59. The van der Waals surface area contributed by atoms with Gasteiger partial charge in [-0.25, -0.2) is 13.2 Å². The minimum absolute atomic E-state index is 0.00439. The highest BCUT2D eigenvalue weighted by molar-refractivity contribution is 7.91. The second kappa shape index (κ2) is 8.79. The molecule has 4 rings (SSSR count). The van der Waals surface area contributed by atoms with Gasteiger partial charge in [0.15, 0.2) is 6.61 Å². The Morgan fingerprint density at radius 2 is 1.79 bits per heavy atom. The number of aliphatic carboxylic acids is 2. The lowest BCUT2D eigenvalue weighted by molar-refractivity contribution is -0.141. The Morgan fingerprint density at radius 1 is 1.09 bits per heavy atom. The largest absolute Gasteiger partial charge is 0.482 e. The third-order valence-corrected chi connectivity index (χ3v) is 8.67. The molecule has 11 heteroatoms. The third-order valence-electron chi connectivity index (χ3n) is 5.28. The lowest BCUT2D eigenvalue weighted by Crippen LogP contribution is -2.44. The predicted octanol–water partition coefficient (Wildman–Crippen LogP) is 3.82. The van der Waals surface area contributed by atoms with E-state index in [1.165, 1.54) is 12.1 Å². The van der Waals surface area contributed by atoms with E-state index in [4.69, 9.17) is 21.4 Å². The topological polar surface area (TPSA) is 130 Å². The number of sulfonamides is 1. The summed E-state index contributed by atoms with van der Waals surface area (Å²) in [5, 5.41) is 19.3. The molecule has 0 bridgehead atoms. The number of carbonyl (C=O) groups is 2. The van der Waals surface area contributed by atoms with Crippen LogP contribution < -0.4 is 9.46 Å². The molecule has 2 aromatic carbocycles. The molecule has 1 saturated carbocycles. The van der Waals surface area contributed by atoms with Gasteiger partial charge in [-0.3, -0.25) is 4.79 Å². The third kappa shape index (κ3) is 4.74. The van der Waals surface area contributed by atoms with Crippen LogP contribution in [0.25, 0.3) is 10.4 Å². The van der Waals surface area contributed by atoms with Crippen LogP contribution in [-0.2, 0) is 19.6 Å². The van der Waals surface area contributed by atoms with Crippen molar-refractivity contribution in [2.24, 2.45) is 0 Å². The van der Waals surface area contributed by atoms with Gasteiger partial charge in [-0.1, -0.05) is 41.9 Å². The Hall–Kier alpha value is -2.92. The van der Waals surface area contributed by atoms with Gasteiger partial charge in [-0.2, -0.15) is 4.72 Å². The van der Waals surface area contributed by atoms with Crippen LogP contribution in [0, 0.1) is 0 Å². The average Bonchev–Trinajstić information content (AvgIpc) is 3.25. The zero-order valence-electron chi connectivity index (χ0n) is 16.9. The molecule has 1 heterocycles. The Labute approximate surface area is 198 Å². The summed E-state index contributed by atoms with van der Waals surface area (Å²) in [5.74, 6) is -3.02. The fourth-order valence-electron chi connectivity index (χ4n) is 3.59.